The topological polar surface area (TPSA) is 26.0 Å². The van der Waals surface area contributed by atoms with Crippen LogP contribution in [0.4, 0.5) is 0 Å². The van der Waals surface area contributed by atoms with Gasteiger partial charge < -0.3 is 5.73 Å². The Morgan fingerprint density at radius 3 is 1.95 bits per heavy atom. The highest BCUT2D eigenvalue weighted by molar-refractivity contribution is 4.74. The van der Waals surface area contributed by atoms with Crippen LogP contribution in [-0.2, 0) is 0 Å². The summed E-state index contributed by atoms with van der Waals surface area (Å²) in [7, 11) is 0. The van der Waals surface area contributed by atoms with Crippen molar-refractivity contribution in [3.8, 4) is 0 Å². The molecule has 0 bridgehead atoms. The predicted molar refractivity (Wildman–Crippen MR) is 86.4 cm³/mol. The largest absolute Gasteiger partial charge is 0.327 e. The van der Waals surface area contributed by atoms with E-state index in [4.69, 9.17) is 5.73 Å². The van der Waals surface area contributed by atoms with Crippen LogP contribution >= 0.6 is 0 Å². The molecule has 0 amide bonds. The summed E-state index contributed by atoms with van der Waals surface area (Å²) in [6.45, 7) is 2.29. The molecule has 0 aromatic carbocycles. The lowest BCUT2D eigenvalue weighted by Crippen LogP contribution is -2.30. The molecule has 0 aliphatic heterocycles. The number of hydrogen-bond acceptors (Lipinski definition) is 1. The summed E-state index contributed by atoms with van der Waals surface area (Å²) in [6.07, 6.45) is 21.1. The van der Waals surface area contributed by atoms with Crippen molar-refractivity contribution in [2.24, 2.45) is 11.7 Å². The Balaban J connectivity index is 2.00. The second-order valence-electron chi connectivity index (χ2n) is 6.68. The smallest absolute Gasteiger partial charge is 0.00671 e. The van der Waals surface area contributed by atoms with Crippen LogP contribution in [0.1, 0.15) is 103 Å². The van der Waals surface area contributed by atoms with E-state index >= 15 is 0 Å². The van der Waals surface area contributed by atoms with Gasteiger partial charge in [-0.15, -0.1) is 0 Å². The number of hydrogen-bond donors (Lipinski definition) is 1. The van der Waals surface area contributed by atoms with Gasteiger partial charge in [0.1, 0.15) is 0 Å². The second-order valence-corrected chi connectivity index (χ2v) is 6.68. The van der Waals surface area contributed by atoms with Gasteiger partial charge in [0.05, 0.1) is 0 Å². The fraction of sp³-hybridized carbons (Fsp3) is 1.00. The molecule has 2 N–H and O–H groups in total. The summed E-state index contributed by atoms with van der Waals surface area (Å²) in [5.74, 6) is 0.834. The van der Waals surface area contributed by atoms with Crippen LogP contribution in [0.2, 0.25) is 0 Å². The first-order valence-electron chi connectivity index (χ1n) is 9.10. The van der Waals surface area contributed by atoms with Crippen LogP contribution in [-0.4, -0.2) is 6.04 Å². The Kier molecular flexibility index (Phi) is 10.5. The summed E-state index contributed by atoms with van der Waals surface area (Å²) in [6, 6.07) is 0.494. The first kappa shape index (κ1) is 17.0. The molecule has 1 nitrogen and oxygen atoms in total. The van der Waals surface area contributed by atoms with Crippen molar-refractivity contribution >= 4 is 0 Å². The molecule has 1 atom stereocenters. The van der Waals surface area contributed by atoms with E-state index in [9.17, 15) is 0 Å². The SMILES string of the molecule is CCCCCCCCCC(N)C1CCCCCCC1. The van der Waals surface area contributed by atoms with E-state index in [1.807, 2.05) is 0 Å². The van der Waals surface area contributed by atoms with E-state index in [0.717, 1.165) is 5.92 Å². The molecule has 0 spiro atoms. The minimum Gasteiger partial charge on any atom is -0.327 e. The van der Waals surface area contributed by atoms with Gasteiger partial charge in [0, 0.05) is 6.04 Å². The summed E-state index contributed by atoms with van der Waals surface area (Å²) in [5.41, 5.74) is 6.43. The molecular weight excluding hydrogens is 230 g/mol. The van der Waals surface area contributed by atoms with E-state index < -0.39 is 0 Å². The zero-order chi connectivity index (χ0) is 13.8. The maximum atomic E-state index is 6.43. The molecule has 1 rings (SSSR count). The third-order valence-electron chi connectivity index (χ3n) is 4.90. The molecule has 1 aliphatic carbocycles. The van der Waals surface area contributed by atoms with Gasteiger partial charge >= 0.3 is 0 Å². The highest BCUT2D eigenvalue weighted by atomic mass is 14.6. The van der Waals surface area contributed by atoms with Crippen molar-refractivity contribution in [3.63, 3.8) is 0 Å². The highest BCUT2D eigenvalue weighted by Crippen LogP contribution is 2.26. The quantitative estimate of drug-likeness (QED) is 0.524. The van der Waals surface area contributed by atoms with Crippen LogP contribution in [0.3, 0.4) is 0 Å². The van der Waals surface area contributed by atoms with Gasteiger partial charge in [-0.3, -0.25) is 0 Å². The minimum atomic E-state index is 0.494. The molecule has 1 saturated carbocycles. The van der Waals surface area contributed by atoms with Crippen molar-refractivity contribution in [2.75, 3.05) is 0 Å². The van der Waals surface area contributed by atoms with Crippen LogP contribution in [0.5, 0.6) is 0 Å². The molecule has 1 aliphatic rings. The van der Waals surface area contributed by atoms with Crippen molar-refractivity contribution < 1.29 is 0 Å². The Morgan fingerprint density at radius 2 is 1.32 bits per heavy atom. The standard InChI is InChI=1S/C18H37N/c1-2-3-4-5-6-10-13-16-18(19)17-14-11-8-7-9-12-15-17/h17-18H,2-16,19H2,1H3. The third kappa shape index (κ3) is 8.68. The molecule has 0 aromatic heterocycles. The molecule has 0 saturated heterocycles. The highest BCUT2D eigenvalue weighted by Gasteiger charge is 2.18. The fourth-order valence-corrected chi connectivity index (χ4v) is 3.49. The summed E-state index contributed by atoms with van der Waals surface area (Å²) in [5, 5.41) is 0. The van der Waals surface area contributed by atoms with E-state index in [1.165, 1.54) is 96.3 Å². The van der Waals surface area contributed by atoms with Crippen LogP contribution in [0.15, 0.2) is 0 Å². The Morgan fingerprint density at radius 1 is 0.789 bits per heavy atom. The maximum Gasteiger partial charge on any atom is 0.00671 e. The van der Waals surface area contributed by atoms with Crippen LogP contribution in [0.25, 0.3) is 0 Å². The average Bonchev–Trinajstić information content (AvgIpc) is 2.37. The van der Waals surface area contributed by atoms with Gasteiger partial charge in [-0.2, -0.15) is 0 Å². The molecular formula is C18H37N. The number of rotatable bonds is 9. The van der Waals surface area contributed by atoms with Gasteiger partial charge in [-0.25, -0.2) is 0 Å². The normalized spacial score (nSPS) is 19.9. The van der Waals surface area contributed by atoms with Crippen molar-refractivity contribution in [1.82, 2.24) is 0 Å². The first-order chi connectivity index (χ1) is 9.34. The lowest BCUT2D eigenvalue weighted by molar-refractivity contribution is 0.307. The predicted octanol–water partition coefficient (Wildman–Crippen LogP) is 5.81. The van der Waals surface area contributed by atoms with E-state index in [0.29, 0.717) is 6.04 Å². The van der Waals surface area contributed by atoms with Crippen molar-refractivity contribution in [1.29, 1.82) is 0 Å². The van der Waals surface area contributed by atoms with E-state index in [2.05, 4.69) is 6.92 Å². The summed E-state index contributed by atoms with van der Waals surface area (Å²) >= 11 is 0. The lowest BCUT2D eigenvalue weighted by Gasteiger charge is -2.25. The van der Waals surface area contributed by atoms with Crippen LogP contribution in [0, 0.1) is 5.92 Å². The van der Waals surface area contributed by atoms with Gasteiger partial charge in [0.2, 0.25) is 0 Å². The summed E-state index contributed by atoms with van der Waals surface area (Å²) < 4.78 is 0. The Labute approximate surface area is 121 Å². The Bertz CT molecular complexity index is 182. The van der Waals surface area contributed by atoms with Gasteiger partial charge in [-0.1, -0.05) is 84.0 Å². The molecule has 1 fully saturated rings. The first-order valence-corrected chi connectivity index (χ1v) is 9.10. The zero-order valence-electron chi connectivity index (χ0n) is 13.3. The number of nitrogens with two attached hydrogens (primary N) is 1. The fourth-order valence-electron chi connectivity index (χ4n) is 3.49. The van der Waals surface area contributed by atoms with Crippen molar-refractivity contribution in [3.05, 3.63) is 0 Å². The third-order valence-corrected chi connectivity index (χ3v) is 4.90. The van der Waals surface area contributed by atoms with Gasteiger partial charge in [-0.05, 0) is 25.2 Å². The Hall–Kier alpha value is -0.0400. The zero-order valence-corrected chi connectivity index (χ0v) is 13.3. The summed E-state index contributed by atoms with van der Waals surface area (Å²) in [4.78, 5) is 0. The molecule has 0 heterocycles. The van der Waals surface area contributed by atoms with Crippen molar-refractivity contribution in [2.45, 2.75) is 109 Å². The monoisotopic (exact) mass is 267 g/mol. The number of unbranched alkanes of at least 4 members (excludes halogenated alkanes) is 6. The minimum absolute atomic E-state index is 0.494. The molecule has 1 heteroatoms. The van der Waals surface area contributed by atoms with E-state index in [-0.39, 0.29) is 0 Å². The molecule has 114 valence electrons. The van der Waals surface area contributed by atoms with Gasteiger partial charge in [0.25, 0.3) is 0 Å². The van der Waals surface area contributed by atoms with Crippen LogP contribution < -0.4 is 5.73 Å². The van der Waals surface area contributed by atoms with Gasteiger partial charge in [0.15, 0.2) is 0 Å². The average molecular weight is 268 g/mol. The molecule has 0 aromatic rings. The maximum absolute atomic E-state index is 6.43. The molecule has 0 radical (unpaired) electrons. The molecule has 1 unspecified atom stereocenters. The van der Waals surface area contributed by atoms with E-state index in [1.54, 1.807) is 0 Å². The molecule has 19 heavy (non-hydrogen) atoms. The lowest BCUT2D eigenvalue weighted by atomic mass is 9.84. The second kappa shape index (κ2) is 11.8.